The third kappa shape index (κ3) is 5.91. The molecule has 210 valence electrons. The summed E-state index contributed by atoms with van der Waals surface area (Å²) in [4.78, 5) is 26.1. The van der Waals surface area contributed by atoms with Crippen molar-refractivity contribution in [3.63, 3.8) is 0 Å². The van der Waals surface area contributed by atoms with Crippen LogP contribution in [-0.4, -0.2) is 57.2 Å². The Morgan fingerprint density at radius 2 is 1.82 bits per heavy atom. The van der Waals surface area contributed by atoms with E-state index in [4.69, 9.17) is 4.42 Å². The summed E-state index contributed by atoms with van der Waals surface area (Å²) < 4.78 is 73.0. The smallest absolute Gasteiger partial charge is 0.340 e. The minimum absolute atomic E-state index is 0.0607. The molecule has 0 unspecified atom stereocenters. The van der Waals surface area contributed by atoms with Gasteiger partial charge in [-0.15, -0.1) is 0 Å². The number of benzene rings is 2. The molecule has 0 saturated carbocycles. The van der Waals surface area contributed by atoms with Gasteiger partial charge in [0.15, 0.2) is 16.5 Å². The first-order chi connectivity index (χ1) is 18.7. The van der Waals surface area contributed by atoms with Crippen molar-refractivity contribution in [3.05, 3.63) is 79.7 Å². The maximum absolute atomic E-state index is 13.4. The lowest BCUT2D eigenvalue weighted by Crippen LogP contribution is -2.39. The normalized spacial score (nSPS) is 12.0. The van der Waals surface area contributed by atoms with Crippen LogP contribution in [0.2, 0.25) is 0 Å². The Morgan fingerprint density at radius 1 is 1.18 bits per heavy atom. The minimum atomic E-state index is -4.40. The Labute approximate surface area is 240 Å². The predicted molar refractivity (Wildman–Crippen MR) is 150 cm³/mol. The highest BCUT2D eigenvalue weighted by molar-refractivity contribution is 14.1. The number of nitro benzene ring substituents is 1. The van der Waals surface area contributed by atoms with Crippen LogP contribution in [0.1, 0.15) is 10.4 Å². The lowest BCUT2D eigenvalue weighted by Gasteiger charge is -2.22. The number of fused-ring (bicyclic) bond motifs is 1. The van der Waals surface area contributed by atoms with Crippen LogP contribution in [-0.2, 0) is 20.0 Å². The number of pyridine rings is 1. The first-order valence-electron chi connectivity index (χ1n) is 11.0. The maximum Gasteiger partial charge on any atom is 0.340 e. The molecule has 0 spiro atoms. The van der Waals surface area contributed by atoms with Crippen molar-refractivity contribution < 1.29 is 40.5 Å². The summed E-state index contributed by atoms with van der Waals surface area (Å²) in [5.74, 6) is -2.19. The number of nitrogens with one attached hydrogen (secondary N) is 1. The number of carboxylic acids is 1. The standard InChI is InChI=1S/C23H18FIN4O9S2/c1-39(34,35)28(11-10-26-40(36,37)18-5-3-2-4-17(18)29(32)33)21-16(25)12-15-19(23(30)31)20(38-22(15)27-21)13-6-8-14(24)9-7-13/h2-9,12,26H,10-11H2,1H3,(H,30,31). The van der Waals surface area contributed by atoms with E-state index < -0.39 is 60.4 Å². The minimum Gasteiger partial charge on any atom is -0.478 e. The molecule has 0 bridgehead atoms. The van der Waals surface area contributed by atoms with Crippen LogP contribution in [0, 0.1) is 19.5 Å². The average Bonchev–Trinajstić information content (AvgIpc) is 3.24. The summed E-state index contributed by atoms with van der Waals surface area (Å²) in [6.07, 6.45) is 0.861. The van der Waals surface area contributed by atoms with Crippen molar-refractivity contribution in [2.75, 3.05) is 23.7 Å². The maximum atomic E-state index is 13.4. The van der Waals surface area contributed by atoms with Crippen molar-refractivity contribution in [1.29, 1.82) is 0 Å². The van der Waals surface area contributed by atoms with Crippen LogP contribution in [0.3, 0.4) is 0 Å². The molecule has 0 amide bonds. The molecule has 13 nitrogen and oxygen atoms in total. The Hall–Kier alpha value is -3.68. The molecule has 0 aliphatic heterocycles. The van der Waals surface area contributed by atoms with E-state index in [1.54, 1.807) is 22.6 Å². The van der Waals surface area contributed by atoms with Crippen LogP contribution in [0.4, 0.5) is 15.9 Å². The molecule has 2 aromatic heterocycles. The van der Waals surface area contributed by atoms with Gasteiger partial charge >= 0.3 is 5.97 Å². The Balaban J connectivity index is 1.71. The third-order valence-corrected chi connectivity index (χ3v) is 8.99. The van der Waals surface area contributed by atoms with E-state index in [2.05, 4.69) is 9.71 Å². The molecule has 40 heavy (non-hydrogen) atoms. The highest BCUT2D eigenvalue weighted by atomic mass is 127. The van der Waals surface area contributed by atoms with E-state index in [0.29, 0.717) is 0 Å². The van der Waals surface area contributed by atoms with Crippen LogP contribution < -0.4 is 9.03 Å². The van der Waals surface area contributed by atoms with Gasteiger partial charge in [0.25, 0.3) is 5.69 Å². The average molecular weight is 704 g/mol. The highest BCUT2D eigenvalue weighted by Crippen LogP contribution is 2.36. The summed E-state index contributed by atoms with van der Waals surface area (Å²) in [6, 6.07) is 10.9. The van der Waals surface area contributed by atoms with Gasteiger partial charge in [0, 0.05) is 24.7 Å². The Kier molecular flexibility index (Phi) is 8.11. The van der Waals surface area contributed by atoms with Gasteiger partial charge in [-0.3, -0.25) is 14.4 Å². The monoisotopic (exact) mass is 704 g/mol. The molecule has 0 aliphatic rings. The van der Waals surface area contributed by atoms with Crippen molar-refractivity contribution in [3.8, 4) is 11.3 Å². The number of nitrogens with zero attached hydrogens (tertiary/aromatic N) is 3. The fraction of sp³-hybridized carbons (Fsp3) is 0.130. The summed E-state index contributed by atoms with van der Waals surface area (Å²) >= 11 is 1.75. The van der Waals surface area contributed by atoms with Crippen LogP contribution >= 0.6 is 22.6 Å². The van der Waals surface area contributed by atoms with Crippen LogP contribution in [0.25, 0.3) is 22.4 Å². The van der Waals surface area contributed by atoms with E-state index in [-0.39, 0.29) is 37.4 Å². The number of carbonyl (C=O) groups is 1. The number of rotatable bonds is 10. The lowest BCUT2D eigenvalue weighted by molar-refractivity contribution is -0.387. The van der Waals surface area contributed by atoms with Gasteiger partial charge in [-0.1, -0.05) is 12.1 Å². The van der Waals surface area contributed by atoms with E-state index in [9.17, 15) is 41.2 Å². The van der Waals surface area contributed by atoms with Crippen molar-refractivity contribution >= 4 is 71.2 Å². The van der Waals surface area contributed by atoms with Crippen molar-refractivity contribution in [2.24, 2.45) is 0 Å². The number of aromatic carboxylic acids is 1. The number of sulfonamides is 2. The second kappa shape index (κ2) is 11.1. The zero-order valence-electron chi connectivity index (χ0n) is 20.2. The lowest BCUT2D eigenvalue weighted by atomic mass is 10.1. The van der Waals surface area contributed by atoms with E-state index >= 15 is 0 Å². The predicted octanol–water partition coefficient (Wildman–Crippen LogP) is 3.59. The number of halogens is 2. The number of hydrogen-bond donors (Lipinski definition) is 2. The molecule has 2 aromatic carbocycles. The van der Waals surface area contributed by atoms with Gasteiger partial charge in [-0.05, 0) is 59.0 Å². The Morgan fingerprint density at radius 3 is 2.42 bits per heavy atom. The Bertz CT molecular complexity index is 1860. The van der Waals surface area contributed by atoms with Gasteiger partial charge in [0.1, 0.15) is 11.4 Å². The molecule has 0 aliphatic carbocycles. The number of anilines is 1. The fourth-order valence-electron chi connectivity index (χ4n) is 3.80. The second-order valence-corrected chi connectivity index (χ2v) is 13.0. The molecular weight excluding hydrogens is 686 g/mol. The van der Waals surface area contributed by atoms with Crippen LogP contribution in [0.5, 0.6) is 0 Å². The number of nitro groups is 1. The van der Waals surface area contributed by atoms with Gasteiger partial charge in [0.05, 0.1) is 20.1 Å². The fourth-order valence-corrected chi connectivity index (χ4v) is 6.76. The number of carboxylic acid groups (broad SMARTS) is 1. The molecule has 0 atom stereocenters. The topological polar surface area (TPSA) is 190 Å². The van der Waals surface area contributed by atoms with E-state index in [1.807, 2.05) is 0 Å². The van der Waals surface area contributed by atoms with Gasteiger partial charge in [-0.2, -0.15) is 4.98 Å². The first kappa shape index (κ1) is 29.3. The number of para-hydroxylation sites is 1. The zero-order valence-corrected chi connectivity index (χ0v) is 24.0. The number of furan rings is 1. The summed E-state index contributed by atoms with van der Waals surface area (Å²) in [7, 11) is -8.46. The first-order valence-corrected chi connectivity index (χ1v) is 15.4. The molecule has 2 N–H and O–H groups in total. The molecule has 4 aromatic rings. The molecule has 0 radical (unpaired) electrons. The van der Waals surface area contributed by atoms with Gasteiger partial charge in [-0.25, -0.2) is 30.7 Å². The summed E-state index contributed by atoms with van der Waals surface area (Å²) in [5, 5.41) is 21.1. The van der Waals surface area contributed by atoms with E-state index in [0.717, 1.165) is 34.8 Å². The highest BCUT2D eigenvalue weighted by Gasteiger charge is 2.29. The second-order valence-electron chi connectivity index (χ2n) is 8.22. The van der Waals surface area contributed by atoms with Gasteiger partial charge < -0.3 is 9.52 Å². The molecule has 4 rings (SSSR count). The van der Waals surface area contributed by atoms with Gasteiger partial charge in [0.2, 0.25) is 25.8 Å². The van der Waals surface area contributed by atoms with Crippen molar-refractivity contribution in [1.82, 2.24) is 9.71 Å². The largest absolute Gasteiger partial charge is 0.478 e. The quantitative estimate of drug-likeness (QED) is 0.140. The summed E-state index contributed by atoms with van der Waals surface area (Å²) in [6.45, 7) is -0.957. The molecule has 0 saturated heterocycles. The summed E-state index contributed by atoms with van der Waals surface area (Å²) in [5.41, 5.74) is -0.888. The SMILES string of the molecule is CS(=O)(=O)N(CCNS(=O)(=O)c1ccccc1[N+](=O)[O-])c1nc2oc(-c3ccc(F)cc3)c(C(=O)O)c2cc1I. The number of aromatic nitrogens is 1. The van der Waals surface area contributed by atoms with Crippen LogP contribution in [0.15, 0.2) is 63.9 Å². The molecule has 17 heteroatoms. The molecular formula is C23H18FIN4O9S2. The van der Waals surface area contributed by atoms with E-state index in [1.165, 1.54) is 30.3 Å². The zero-order chi connectivity index (χ0) is 29.4. The van der Waals surface area contributed by atoms with Crippen molar-refractivity contribution in [2.45, 2.75) is 4.90 Å². The molecule has 2 heterocycles. The third-order valence-electron chi connectivity index (χ3n) is 5.53. The number of hydrogen-bond acceptors (Lipinski definition) is 9. The molecule has 0 fully saturated rings.